The third kappa shape index (κ3) is 3.00. The summed E-state index contributed by atoms with van der Waals surface area (Å²) < 4.78 is 24.5. The Kier molecular flexibility index (Phi) is 6.27. The Morgan fingerprint density at radius 2 is 1.77 bits per heavy atom. The predicted molar refractivity (Wildman–Crippen MR) is 143 cm³/mol. The maximum absolute atomic E-state index is 13.4. The van der Waals surface area contributed by atoms with Crippen molar-refractivity contribution in [1.82, 2.24) is 4.90 Å². The minimum atomic E-state index is -1.63. The minimum absolute atomic E-state index is 0.0662. The highest BCUT2D eigenvalue weighted by Gasteiger charge is 2.88. The summed E-state index contributed by atoms with van der Waals surface area (Å²) in [5.74, 6) is -2.07. The number of aliphatic hydroxyl groups excluding tert-OH is 2. The van der Waals surface area contributed by atoms with Crippen molar-refractivity contribution in [1.29, 1.82) is 0 Å². The van der Waals surface area contributed by atoms with E-state index in [1.54, 1.807) is 45.6 Å². The highest BCUT2D eigenvalue weighted by Crippen LogP contribution is 2.79. The van der Waals surface area contributed by atoms with Crippen LogP contribution in [0, 0.1) is 40.4 Å². The first kappa shape index (κ1) is 27.3. The standard InChI is InChI=1S/C31H43NO8/c1-5-32-14-29(15-37-2)12-11-19(33)30-18-13-17-22(40-28(35)16-9-7-6-8-10-16)20(18)31(36,27(34)23(17)38-3)21(26(30)32)24(39-4)25(29)30/h6-10,17-27,33-34,36H,5,11-15H2,1-4H3/t17-,18+,19-,20+,21-,22-,23+,24-,25+,26?,27-,29-,30-,31+/m0/s1. The average molecular weight is 558 g/mol. The molecule has 0 amide bonds. The number of carbonyl (C=O) groups is 1. The molecule has 1 saturated heterocycles. The number of esters is 1. The molecule has 6 aliphatic rings. The quantitative estimate of drug-likeness (QED) is 0.427. The maximum atomic E-state index is 13.4. The lowest BCUT2D eigenvalue weighted by molar-refractivity contribution is -0.297. The summed E-state index contributed by atoms with van der Waals surface area (Å²) in [5, 5.41) is 37.2. The van der Waals surface area contributed by atoms with Crippen molar-refractivity contribution in [2.24, 2.45) is 40.4 Å². The van der Waals surface area contributed by atoms with E-state index in [4.69, 9.17) is 18.9 Å². The normalized spacial score (nSPS) is 52.0. The molecule has 9 heteroatoms. The molecule has 7 bridgehead atoms. The number of aliphatic hydroxyl groups is 3. The Bertz CT molecular complexity index is 1150. The molecular weight excluding hydrogens is 514 g/mol. The number of methoxy groups -OCH3 is 3. The van der Waals surface area contributed by atoms with Crippen LogP contribution in [-0.2, 0) is 18.9 Å². The van der Waals surface area contributed by atoms with Crippen molar-refractivity contribution < 1.29 is 39.1 Å². The maximum Gasteiger partial charge on any atom is 0.338 e. The number of fused-ring (bicyclic) bond motifs is 2. The number of piperidine rings is 1. The van der Waals surface area contributed by atoms with Crippen LogP contribution in [0.15, 0.2) is 30.3 Å². The molecule has 40 heavy (non-hydrogen) atoms. The zero-order valence-corrected chi connectivity index (χ0v) is 23.8. The first-order chi connectivity index (χ1) is 19.3. The van der Waals surface area contributed by atoms with E-state index in [9.17, 15) is 20.1 Å². The van der Waals surface area contributed by atoms with Gasteiger partial charge in [0.15, 0.2) is 0 Å². The van der Waals surface area contributed by atoms with Crippen molar-refractivity contribution >= 4 is 5.97 Å². The Balaban J connectivity index is 1.43. The number of nitrogens with zero attached hydrogens (tertiary/aromatic N) is 1. The lowest BCUT2D eigenvalue weighted by atomic mass is 9.43. The van der Waals surface area contributed by atoms with Gasteiger partial charge in [0.25, 0.3) is 0 Å². The first-order valence-corrected chi connectivity index (χ1v) is 14.9. The molecule has 7 rings (SSSR count). The summed E-state index contributed by atoms with van der Waals surface area (Å²) in [6.45, 7) is 4.21. The second-order valence-electron chi connectivity index (χ2n) is 13.4. The first-order valence-electron chi connectivity index (χ1n) is 14.9. The van der Waals surface area contributed by atoms with Crippen LogP contribution in [-0.4, -0.2) is 109 Å². The van der Waals surface area contributed by atoms with Crippen LogP contribution < -0.4 is 0 Å². The SMILES string of the molecule is CCN1C[C@]2(COC)CC[C@H](O)[C@]34C1[C@H]([C@H](OC)[C@H]23)[C@]1(O)[C@H]2[C@@H](OC(=O)c3ccccc3)[C@H](C[C@H]24)[C@@H](OC)[C@@H]1O. The molecule has 1 heterocycles. The van der Waals surface area contributed by atoms with Crippen molar-refractivity contribution in [3.63, 3.8) is 0 Å². The molecule has 1 aromatic carbocycles. The fraction of sp³-hybridized carbons (Fsp3) is 0.774. The van der Waals surface area contributed by atoms with Gasteiger partial charge in [0.1, 0.15) is 17.8 Å². The second-order valence-corrected chi connectivity index (χ2v) is 13.4. The molecule has 5 saturated carbocycles. The average Bonchev–Trinajstić information content (AvgIpc) is 3.40. The summed E-state index contributed by atoms with van der Waals surface area (Å²) in [6, 6.07) is 8.71. The van der Waals surface area contributed by atoms with E-state index < -0.39 is 59.3 Å². The number of ether oxygens (including phenoxy) is 4. The topological polar surface area (TPSA) is 118 Å². The number of rotatable bonds is 7. The van der Waals surface area contributed by atoms with Crippen molar-refractivity contribution in [3.05, 3.63) is 35.9 Å². The molecule has 0 aromatic heterocycles. The van der Waals surface area contributed by atoms with Crippen LogP contribution in [0.4, 0.5) is 0 Å². The molecular formula is C31H43NO8. The molecule has 1 unspecified atom stereocenters. The Morgan fingerprint density at radius 3 is 2.42 bits per heavy atom. The highest BCUT2D eigenvalue weighted by atomic mass is 16.6. The van der Waals surface area contributed by atoms with Crippen LogP contribution in [0.2, 0.25) is 0 Å². The minimum Gasteiger partial charge on any atom is -0.458 e. The molecule has 5 aliphatic carbocycles. The number of benzene rings is 1. The summed E-state index contributed by atoms with van der Waals surface area (Å²) in [5.41, 5.74) is -2.04. The fourth-order valence-electron chi connectivity index (χ4n) is 11.6. The molecule has 220 valence electrons. The third-order valence-electron chi connectivity index (χ3n) is 12.4. The zero-order valence-electron chi connectivity index (χ0n) is 23.8. The van der Waals surface area contributed by atoms with E-state index in [-0.39, 0.29) is 29.2 Å². The van der Waals surface area contributed by atoms with E-state index in [0.717, 1.165) is 19.5 Å². The van der Waals surface area contributed by atoms with E-state index >= 15 is 0 Å². The molecule has 9 nitrogen and oxygen atoms in total. The molecule has 6 fully saturated rings. The van der Waals surface area contributed by atoms with Gasteiger partial charge in [0.2, 0.25) is 0 Å². The zero-order chi connectivity index (χ0) is 28.2. The molecule has 1 spiro atoms. The van der Waals surface area contributed by atoms with Crippen LogP contribution in [0.25, 0.3) is 0 Å². The number of hydrogen-bond acceptors (Lipinski definition) is 9. The molecule has 0 radical (unpaired) electrons. The lowest BCUT2D eigenvalue weighted by Crippen LogP contribution is -2.78. The molecule has 14 atom stereocenters. The van der Waals surface area contributed by atoms with E-state index in [0.29, 0.717) is 25.0 Å². The van der Waals surface area contributed by atoms with Gasteiger partial charge in [-0.05, 0) is 43.9 Å². The van der Waals surface area contributed by atoms with Crippen molar-refractivity contribution in [2.45, 2.75) is 68.3 Å². The second kappa shape index (κ2) is 9.20. The molecule has 1 aromatic rings. The van der Waals surface area contributed by atoms with Gasteiger partial charge >= 0.3 is 5.97 Å². The van der Waals surface area contributed by atoms with Crippen LogP contribution in [0.3, 0.4) is 0 Å². The van der Waals surface area contributed by atoms with Crippen LogP contribution in [0.1, 0.15) is 36.5 Å². The van der Waals surface area contributed by atoms with Gasteiger partial charge in [-0.25, -0.2) is 4.79 Å². The van der Waals surface area contributed by atoms with Crippen molar-refractivity contribution in [3.8, 4) is 0 Å². The van der Waals surface area contributed by atoms with Gasteiger partial charge in [0, 0.05) is 68.4 Å². The number of carbonyl (C=O) groups excluding carboxylic acids is 1. The van der Waals surface area contributed by atoms with E-state index in [1.807, 2.05) is 6.07 Å². The Hall–Kier alpha value is -1.59. The lowest BCUT2D eigenvalue weighted by Gasteiger charge is -2.69. The predicted octanol–water partition coefficient (Wildman–Crippen LogP) is 1.34. The molecule has 3 N–H and O–H groups in total. The van der Waals surface area contributed by atoms with Gasteiger partial charge in [0.05, 0.1) is 30.5 Å². The Labute approximate surface area is 235 Å². The largest absolute Gasteiger partial charge is 0.458 e. The smallest absolute Gasteiger partial charge is 0.338 e. The van der Waals surface area contributed by atoms with Gasteiger partial charge < -0.3 is 34.3 Å². The Morgan fingerprint density at radius 1 is 1.05 bits per heavy atom. The van der Waals surface area contributed by atoms with Crippen LogP contribution >= 0.6 is 0 Å². The van der Waals surface area contributed by atoms with E-state index in [1.165, 1.54) is 0 Å². The van der Waals surface area contributed by atoms with Gasteiger partial charge in [-0.3, -0.25) is 4.90 Å². The molecule has 1 aliphatic heterocycles. The van der Waals surface area contributed by atoms with Gasteiger partial charge in [-0.2, -0.15) is 0 Å². The van der Waals surface area contributed by atoms with Crippen LogP contribution in [0.5, 0.6) is 0 Å². The third-order valence-corrected chi connectivity index (χ3v) is 12.4. The van der Waals surface area contributed by atoms with Crippen molar-refractivity contribution in [2.75, 3.05) is 41.0 Å². The van der Waals surface area contributed by atoms with Gasteiger partial charge in [-0.1, -0.05) is 25.1 Å². The summed E-state index contributed by atoms with van der Waals surface area (Å²) in [4.78, 5) is 15.9. The number of hydrogen-bond donors (Lipinski definition) is 3. The summed E-state index contributed by atoms with van der Waals surface area (Å²) >= 11 is 0. The van der Waals surface area contributed by atoms with E-state index in [2.05, 4.69) is 11.8 Å². The highest BCUT2D eigenvalue weighted by molar-refractivity contribution is 5.89. The fourth-order valence-corrected chi connectivity index (χ4v) is 11.6. The number of likely N-dealkylation sites (tertiary alicyclic amines) is 1. The van der Waals surface area contributed by atoms with Gasteiger partial charge in [-0.15, -0.1) is 0 Å². The monoisotopic (exact) mass is 557 g/mol. The summed E-state index contributed by atoms with van der Waals surface area (Å²) in [7, 11) is 4.97. The summed E-state index contributed by atoms with van der Waals surface area (Å²) in [6.07, 6.45) is -1.53.